The molecule has 0 aromatic carbocycles. The zero-order valence-electron chi connectivity index (χ0n) is 9.69. The second-order valence-electron chi connectivity index (χ2n) is 3.64. The van der Waals surface area contributed by atoms with Crippen molar-refractivity contribution in [2.75, 3.05) is 40.5 Å². The van der Waals surface area contributed by atoms with Gasteiger partial charge in [0.15, 0.2) is 0 Å². The lowest BCUT2D eigenvalue weighted by Gasteiger charge is -2.29. The largest absolute Gasteiger partial charge is 0.392 e. The molecule has 0 aromatic rings. The van der Waals surface area contributed by atoms with Gasteiger partial charge in [-0.1, -0.05) is 0 Å². The molecule has 14 heavy (non-hydrogen) atoms. The van der Waals surface area contributed by atoms with Crippen molar-refractivity contribution in [2.24, 2.45) is 0 Å². The second-order valence-corrected chi connectivity index (χ2v) is 3.64. The first-order valence-corrected chi connectivity index (χ1v) is 5.01. The molecule has 0 fully saturated rings. The first-order valence-electron chi connectivity index (χ1n) is 5.01. The van der Waals surface area contributed by atoms with Gasteiger partial charge in [-0.3, -0.25) is 4.90 Å². The van der Waals surface area contributed by atoms with Crippen molar-refractivity contribution in [3.63, 3.8) is 0 Å². The molecule has 0 saturated carbocycles. The zero-order valence-corrected chi connectivity index (χ0v) is 9.69. The molecule has 0 radical (unpaired) electrons. The Labute approximate surface area is 86.8 Å². The minimum absolute atomic E-state index is 0.310. The molecule has 1 N–H and O–H groups in total. The Morgan fingerprint density at radius 1 is 1.21 bits per heavy atom. The molecule has 0 spiro atoms. The van der Waals surface area contributed by atoms with Gasteiger partial charge in [-0.25, -0.2) is 0 Å². The van der Waals surface area contributed by atoms with Crippen molar-refractivity contribution >= 4 is 0 Å². The molecule has 4 nitrogen and oxygen atoms in total. The Morgan fingerprint density at radius 3 is 2.29 bits per heavy atom. The number of rotatable bonds is 8. The number of hydrogen-bond acceptors (Lipinski definition) is 4. The Hall–Kier alpha value is -0.160. The Balaban J connectivity index is 3.94. The van der Waals surface area contributed by atoms with Crippen molar-refractivity contribution in [3.8, 4) is 0 Å². The highest BCUT2D eigenvalue weighted by molar-refractivity contribution is 4.68. The first-order chi connectivity index (χ1) is 6.61. The lowest BCUT2D eigenvalue weighted by atomic mass is 10.2. The summed E-state index contributed by atoms with van der Waals surface area (Å²) in [5.74, 6) is 0. The maximum Gasteiger partial charge on any atom is 0.0639 e. The van der Waals surface area contributed by atoms with E-state index in [0.29, 0.717) is 25.8 Å². The minimum Gasteiger partial charge on any atom is -0.392 e. The fourth-order valence-electron chi connectivity index (χ4n) is 1.39. The van der Waals surface area contributed by atoms with Crippen LogP contribution in [0.25, 0.3) is 0 Å². The van der Waals surface area contributed by atoms with E-state index in [2.05, 4.69) is 11.8 Å². The van der Waals surface area contributed by atoms with E-state index < -0.39 is 0 Å². The molecular formula is C10H23NO3. The highest BCUT2D eigenvalue weighted by Gasteiger charge is 2.14. The third-order valence-electron chi connectivity index (χ3n) is 2.11. The van der Waals surface area contributed by atoms with Crippen LogP contribution in [0.4, 0.5) is 0 Å². The Morgan fingerprint density at radius 2 is 1.86 bits per heavy atom. The molecule has 2 unspecified atom stereocenters. The number of aliphatic hydroxyl groups is 1. The van der Waals surface area contributed by atoms with Gasteiger partial charge in [0.05, 0.1) is 19.3 Å². The maximum absolute atomic E-state index is 9.32. The van der Waals surface area contributed by atoms with Crippen LogP contribution in [0, 0.1) is 0 Å². The van der Waals surface area contributed by atoms with Crippen molar-refractivity contribution in [1.82, 2.24) is 4.90 Å². The Bertz CT molecular complexity index is 131. The van der Waals surface area contributed by atoms with Gasteiger partial charge in [0.2, 0.25) is 0 Å². The highest BCUT2D eigenvalue weighted by Crippen LogP contribution is 2.01. The normalized spacial score (nSPS) is 15.9. The molecule has 4 heteroatoms. The van der Waals surface area contributed by atoms with E-state index in [0.717, 1.165) is 6.54 Å². The zero-order chi connectivity index (χ0) is 11.0. The Kier molecular flexibility index (Phi) is 8.08. The summed E-state index contributed by atoms with van der Waals surface area (Å²) in [7, 11) is 3.37. The maximum atomic E-state index is 9.32. The van der Waals surface area contributed by atoms with Gasteiger partial charge in [0, 0.05) is 33.4 Å². The quantitative estimate of drug-likeness (QED) is 0.621. The summed E-state index contributed by atoms with van der Waals surface area (Å²) in [6.45, 7) is 6.72. The van der Waals surface area contributed by atoms with Gasteiger partial charge in [-0.05, 0) is 13.8 Å². The third kappa shape index (κ3) is 6.32. The molecule has 0 aliphatic rings. The minimum atomic E-state index is -0.314. The molecule has 0 aliphatic heterocycles. The van der Waals surface area contributed by atoms with Crippen molar-refractivity contribution in [3.05, 3.63) is 0 Å². The van der Waals surface area contributed by atoms with E-state index in [4.69, 9.17) is 9.47 Å². The van der Waals surface area contributed by atoms with Crippen LogP contribution in [0.3, 0.4) is 0 Å². The van der Waals surface area contributed by atoms with E-state index in [1.807, 2.05) is 0 Å². The smallest absolute Gasteiger partial charge is 0.0639 e. The average Bonchev–Trinajstić information content (AvgIpc) is 2.12. The number of hydrogen-bond donors (Lipinski definition) is 1. The van der Waals surface area contributed by atoms with E-state index in [1.54, 1.807) is 21.1 Å². The molecule has 0 heterocycles. The van der Waals surface area contributed by atoms with Crippen LogP contribution >= 0.6 is 0 Å². The number of aliphatic hydroxyl groups excluding tert-OH is 1. The summed E-state index contributed by atoms with van der Waals surface area (Å²) in [5, 5.41) is 9.32. The summed E-state index contributed by atoms with van der Waals surface area (Å²) >= 11 is 0. The van der Waals surface area contributed by atoms with Crippen LogP contribution in [0.15, 0.2) is 0 Å². The van der Waals surface area contributed by atoms with Crippen LogP contribution in [0.5, 0.6) is 0 Å². The molecule has 86 valence electrons. The molecule has 0 amide bonds. The molecule has 2 atom stereocenters. The molecule has 0 rings (SSSR count). The van der Waals surface area contributed by atoms with Gasteiger partial charge in [-0.15, -0.1) is 0 Å². The van der Waals surface area contributed by atoms with E-state index in [-0.39, 0.29) is 6.10 Å². The van der Waals surface area contributed by atoms with Crippen LogP contribution in [0.1, 0.15) is 13.8 Å². The van der Waals surface area contributed by atoms with E-state index >= 15 is 0 Å². The summed E-state index contributed by atoms with van der Waals surface area (Å²) < 4.78 is 10.1. The summed E-state index contributed by atoms with van der Waals surface area (Å²) in [6.07, 6.45) is -0.314. The topological polar surface area (TPSA) is 41.9 Å². The van der Waals surface area contributed by atoms with E-state index in [9.17, 15) is 5.11 Å². The highest BCUT2D eigenvalue weighted by atomic mass is 16.5. The molecular weight excluding hydrogens is 182 g/mol. The van der Waals surface area contributed by atoms with Crippen LogP contribution in [-0.4, -0.2) is 62.7 Å². The van der Waals surface area contributed by atoms with Gasteiger partial charge in [0.25, 0.3) is 0 Å². The molecule has 0 bridgehead atoms. The number of ether oxygens (including phenoxy) is 2. The SMILES string of the molecule is COCCN(CC(C)O)C(C)COC. The predicted molar refractivity (Wildman–Crippen MR) is 56.5 cm³/mol. The fraction of sp³-hybridized carbons (Fsp3) is 1.00. The molecule has 0 aromatic heterocycles. The van der Waals surface area contributed by atoms with Gasteiger partial charge >= 0.3 is 0 Å². The van der Waals surface area contributed by atoms with E-state index in [1.165, 1.54) is 0 Å². The van der Waals surface area contributed by atoms with Crippen LogP contribution in [-0.2, 0) is 9.47 Å². The number of methoxy groups -OCH3 is 2. The van der Waals surface area contributed by atoms with Gasteiger partial charge in [0.1, 0.15) is 0 Å². The van der Waals surface area contributed by atoms with Crippen molar-refractivity contribution < 1.29 is 14.6 Å². The van der Waals surface area contributed by atoms with Gasteiger partial charge in [-0.2, -0.15) is 0 Å². The predicted octanol–water partition coefficient (Wildman–Crippen LogP) is 0.351. The summed E-state index contributed by atoms with van der Waals surface area (Å²) in [4.78, 5) is 2.16. The number of nitrogens with zero attached hydrogens (tertiary/aromatic N) is 1. The lowest BCUT2D eigenvalue weighted by molar-refractivity contribution is 0.0442. The van der Waals surface area contributed by atoms with Crippen molar-refractivity contribution in [2.45, 2.75) is 26.0 Å². The standard InChI is InChI=1S/C10H23NO3/c1-9(8-14-4)11(5-6-13-3)7-10(2)12/h9-10,12H,5-8H2,1-4H3. The monoisotopic (exact) mass is 205 g/mol. The molecule has 0 saturated heterocycles. The summed E-state index contributed by atoms with van der Waals surface area (Å²) in [5.41, 5.74) is 0. The first kappa shape index (κ1) is 13.8. The van der Waals surface area contributed by atoms with Gasteiger partial charge < -0.3 is 14.6 Å². The van der Waals surface area contributed by atoms with Crippen LogP contribution in [0.2, 0.25) is 0 Å². The molecule has 0 aliphatic carbocycles. The van der Waals surface area contributed by atoms with Crippen molar-refractivity contribution in [1.29, 1.82) is 0 Å². The summed E-state index contributed by atoms with van der Waals surface area (Å²) in [6, 6.07) is 0.310. The second kappa shape index (κ2) is 8.17. The third-order valence-corrected chi connectivity index (χ3v) is 2.11. The average molecular weight is 205 g/mol. The lowest BCUT2D eigenvalue weighted by Crippen LogP contribution is -2.42. The van der Waals surface area contributed by atoms with Crippen LogP contribution < -0.4 is 0 Å². The fourth-order valence-corrected chi connectivity index (χ4v) is 1.39.